The number of rotatable bonds is 4. The third kappa shape index (κ3) is 2.85. The summed E-state index contributed by atoms with van der Waals surface area (Å²) in [7, 11) is 3.16. The second-order valence-electron chi connectivity index (χ2n) is 4.24. The van der Waals surface area contributed by atoms with Crippen molar-refractivity contribution in [3.05, 3.63) is 53.3 Å². The van der Waals surface area contributed by atoms with Gasteiger partial charge in [-0.25, -0.2) is 0 Å². The highest BCUT2D eigenvalue weighted by Gasteiger charge is 2.16. The lowest BCUT2D eigenvalue weighted by Crippen LogP contribution is -2.03. The predicted octanol–water partition coefficient (Wildman–Crippen LogP) is 2.49. The largest absolute Gasteiger partial charge is 0.497 e. The molecule has 2 rings (SSSR count). The van der Waals surface area contributed by atoms with Gasteiger partial charge in [-0.1, -0.05) is 6.07 Å². The molecule has 2 aromatic rings. The van der Waals surface area contributed by atoms with Crippen LogP contribution in [-0.4, -0.2) is 24.3 Å². The molecule has 0 fully saturated rings. The first kappa shape index (κ1) is 13.4. The molecular formula is C15H17NO3. The monoisotopic (exact) mass is 259 g/mol. The molecule has 19 heavy (non-hydrogen) atoms. The maximum atomic E-state index is 10.4. The van der Waals surface area contributed by atoms with Gasteiger partial charge in [0.05, 0.1) is 14.2 Å². The molecule has 0 aliphatic rings. The van der Waals surface area contributed by atoms with Gasteiger partial charge < -0.3 is 14.6 Å². The van der Waals surface area contributed by atoms with E-state index in [2.05, 4.69) is 4.98 Å². The highest BCUT2D eigenvalue weighted by molar-refractivity contribution is 5.44. The fraction of sp³-hybridized carbons (Fsp3) is 0.267. The SMILES string of the molecule is COc1ccc(C(O)c2ccc(C)nc2)c(OC)c1. The molecule has 4 heteroatoms. The minimum Gasteiger partial charge on any atom is -0.497 e. The smallest absolute Gasteiger partial charge is 0.128 e. The maximum absolute atomic E-state index is 10.4. The van der Waals surface area contributed by atoms with Crippen LogP contribution in [0.4, 0.5) is 0 Å². The molecule has 4 nitrogen and oxygen atoms in total. The molecule has 0 saturated heterocycles. The Bertz CT molecular complexity index is 552. The Balaban J connectivity index is 2.37. The second-order valence-corrected chi connectivity index (χ2v) is 4.24. The van der Waals surface area contributed by atoms with Crippen LogP contribution in [0.1, 0.15) is 22.9 Å². The number of hydrogen-bond donors (Lipinski definition) is 1. The number of benzene rings is 1. The zero-order chi connectivity index (χ0) is 13.8. The number of hydrogen-bond acceptors (Lipinski definition) is 4. The standard InChI is InChI=1S/C15H17NO3/c1-10-4-5-11(9-16-10)15(17)13-7-6-12(18-2)8-14(13)19-3/h4-9,15,17H,1-3H3. The van der Waals surface area contributed by atoms with Crippen LogP contribution in [0.15, 0.2) is 36.5 Å². The van der Waals surface area contributed by atoms with E-state index in [4.69, 9.17) is 9.47 Å². The topological polar surface area (TPSA) is 51.6 Å². The summed E-state index contributed by atoms with van der Waals surface area (Å²) in [5, 5.41) is 10.4. The first-order valence-electron chi connectivity index (χ1n) is 5.98. The molecule has 100 valence electrons. The Morgan fingerprint density at radius 1 is 1.11 bits per heavy atom. The zero-order valence-corrected chi connectivity index (χ0v) is 11.3. The average molecular weight is 259 g/mol. The highest BCUT2D eigenvalue weighted by Crippen LogP contribution is 2.32. The molecule has 1 heterocycles. The Labute approximate surface area is 112 Å². The Morgan fingerprint density at radius 2 is 1.89 bits per heavy atom. The van der Waals surface area contributed by atoms with Crippen LogP contribution in [0.5, 0.6) is 11.5 Å². The molecule has 1 unspecified atom stereocenters. The van der Waals surface area contributed by atoms with Gasteiger partial charge in [0.25, 0.3) is 0 Å². The molecule has 0 radical (unpaired) electrons. The van der Waals surface area contributed by atoms with Crippen molar-refractivity contribution in [2.75, 3.05) is 14.2 Å². The second kappa shape index (κ2) is 5.71. The van der Waals surface area contributed by atoms with Crippen molar-refractivity contribution >= 4 is 0 Å². The minimum atomic E-state index is -0.769. The van der Waals surface area contributed by atoms with Gasteiger partial charge in [-0.3, -0.25) is 4.98 Å². The van der Waals surface area contributed by atoms with Crippen molar-refractivity contribution in [2.24, 2.45) is 0 Å². The van der Waals surface area contributed by atoms with E-state index in [1.807, 2.05) is 19.1 Å². The van der Waals surface area contributed by atoms with Crippen molar-refractivity contribution in [1.82, 2.24) is 4.98 Å². The number of nitrogens with zero attached hydrogens (tertiary/aromatic N) is 1. The van der Waals surface area contributed by atoms with Crippen LogP contribution < -0.4 is 9.47 Å². The van der Waals surface area contributed by atoms with E-state index in [1.165, 1.54) is 0 Å². The summed E-state index contributed by atoms with van der Waals surface area (Å²) in [6, 6.07) is 9.07. The van der Waals surface area contributed by atoms with Crippen LogP contribution in [-0.2, 0) is 0 Å². The van der Waals surface area contributed by atoms with E-state index >= 15 is 0 Å². The van der Waals surface area contributed by atoms with E-state index in [9.17, 15) is 5.11 Å². The van der Waals surface area contributed by atoms with Gasteiger partial charge in [0.15, 0.2) is 0 Å². The first-order valence-corrected chi connectivity index (χ1v) is 5.98. The number of aromatic nitrogens is 1. The predicted molar refractivity (Wildman–Crippen MR) is 72.6 cm³/mol. The molecule has 1 aromatic carbocycles. The Morgan fingerprint density at radius 3 is 2.47 bits per heavy atom. The molecule has 0 bridgehead atoms. The third-order valence-corrected chi connectivity index (χ3v) is 2.99. The van der Waals surface area contributed by atoms with Gasteiger partial charge in [-0.2, -0.15) is 0 Å². The summed E-state index contributed by atoms with van der Waals surface area (Å²) >= 11 is 0. The van der Waals surface area contributed by atoms with E-state index < -0.39 is 6.10 Å². The third-order valence-electron chi connectivity index (χ3n) is 2.99. The van der Waals surface area contributed by atoms with E-state index in [1.54, 1.807) is 38.6 Å². The lowest BCUT2D eigenvalue weighted by atomic mass is 10.0. The molecule has 1 N–H and O–H groups in total. The molecular weight excluding hydrogens is 242 g/mol. The highest BCUT2D eigenvalue weighted by atomic mass is 16.5. The van der Waals surface area contributed by atoms with Crippen LogP contribution in [0.25, 0.3) is 0 Å². The number of methoxy groups -OCH3 is 2. The Kier molecular flexibility index (Phi) is 4.02. The summed E-state index contributed by atoms with van der Waals surface area (Å²) in [5.41, 5.74) is 2.33. The summed E-state index contributed by atoms with van der Waals surface area (Å²) in [4.78, 5) is 4.19. The molecule has 0 amide bonds. The summed E-state index contributed by atoms with van der Waals surface area (Å²) in [6.45, 7) is 1.91. The molecule has 1 atom stereocenters. The quantitative estimate of drug-likeness (QED) is 0.916. The number of pyridine rings is 1. The van der Waals surface area contributed by atoms with Crippen molar-refractivity contribution in [3.8, 4) is 11.5 Å². The van der Waals surface area contributed by atoms with Crippen molar-refractivity contribution in [2.45, 2.75) is 13.0 Å². The van der Waals surface area contributed by atoms with Gasteiger partial charge in [0, 0.05) is 29.1 Å². The fourth-order valence-corrected chi connectivity index (χ4v) is 1.86. The fourth-order valence-electron chi connectivity index (χ4n) is 1.86. The van der Waals surface area contributed by atoms with Gasteiger partial charge in [-0.05, 0) is 25.1 Å². The van der Waals surface area contributed by atoms with E-state index in [0.29, 0.717) is 17.1 Å². The lowest BCUT2D eigenvalue weighted by Gasteiger charge is -2.16. The average Bonchev–Trinajstić information content (AvgIpc) is 2.46. The number of ether oxygens (including phenoxy) is 2. The van der Waals surface area contributed by atoms with E-state index in [-0.39, 0.29) is 0 Å². The van der Waals surface area contributed by atoms with Crippen LogP contribution >= 0.6 is 0 Å². The summed E-state index contributed by atoms with van der Waals surface area (Å²) < 4.78 is 10.4. The van der Waals surface area contributed by atoms with E-state index in [0.717, 1.165) is 11.3 Å². The lowest BCUT2D eigenvalue weighted by molar-refractivity contribution is 0.214. The van der Waals surface area contributed by atoms with Gasteiger partial charge in [0.2, 0.25) is 0 Å². The van der Waals surface area contributed by atoms with Crippen LogP contribution in [0.2, 0.25) is 0 Å². The molecule has 0 aliphatic heterocycles. The minimum absolute atomic E-state index is 0.590. The summed E-state index contributed by atoms with van der Waals surface area (Å²) in [5.74, 6) is 1.28. The molecule has 0 spiro atoms. The van der Waals surface area contributed by atoms with Crippen molar-refractivity contribution in [1.29, 1.82) is 0 Å². The first-order chi connectivity index (χ1) is 9.15. The van der Waals surface area contributed by atoms with Crippen LogP contribution in [0.3, 0.4) is 0 Å². The normalized spacial score (nSPS) is 12.0. The molecule has 1 aromatic heterocycles. The number of aliphatic hydroxyl groups excluding tert-OH is 1. The summed E-state index contributed by atoms with van der Waals surface area (Å²) in [6.07, 6.45) is 0.901. The van der Waals surface area contributed by atoms with Crippen molar-refractivity contribution in [3.63, 3.8) is 0 Å². The maximum Gasteiger partial charge on any atom is 0.128 e. The van der Waals surface area contributed by atoms with Crippen LogP contribution in [0, 0.1) is 6.92 Å². The number of aryl methyl sites for hydroxylation is 1. The van der Waals surface area contributed by atoms with Crippen molar-refractivity contribution < 1.29 is 14.6 Å². The van der Waals surface area contributed by atoms with Gasteiger partial charge in [-0.15, -0.1) is 0 Å². The van der Waals surface area contributed by atoms with Gasteiger partial charge in [0.1, 0.15) is 17.6 Å². The van der Waals surface area contributed by atoms with Gasteiger partial charge >= 0.3 is 0 Å². The molecule has 0 saturated carbocycles. The molecule has 0 aliphatic carbocycles. The zero-order valence-electron chi connectivity index (χ0n) is 11.3. The number of aliphatic hydroxyl groups is 1. The Hall–Kier alpha value is -2.07.